The molecule has 2 aromatic carbocycles. The van der Waals surface area contributed by atoms with Crippen molar-refractivity contribution in [1.29, 1.82) is 0 Å². The van der Waals surface area contributed by atoms with Crippen molar-refractivity contribution < 1.29 is 13.2 Å². The number of carbonyl (C=O) groups is 1. The molecule has 7 heteroatoms. The number of anilines is 1. The minimum absolute atomic E-state index is 0.140. The summed E-state index contributed by atoms with van der Waals surface area (Å²) in [6.45, 7) is 0. The first-order valence-corrected chi connectivity index (χ1v) is 9.01. The van der Waals surface area contributed by atoms with Gasteiger partial charge in [0.2, 0.25) is 10.0 Å². The second kappa shape index (κ2) is 6.62. The van der Waals surface area contributed by atoms with E-state index in [4.69, 9.17) is 0 Å². The van der Waals surface area contributed by atoms with E-state index in [1.807, 2.05) is 24.3 Å². The summed E-state index contributed by atoms with van der Waals surface area (Å²) in [5, 5.41) is 3.74. The molecule has 0 aliphatic carbocycles. The predicted molar refractivity (Wildman–Crippen MR) is 97.0 cm³/mol. The smallest absolute Gasteiger partial charge is 0.255 e. The molecule has 128 valence electrons. The number of para-hydroxylation sites is 1. The summed E-state index contributed by atoms with van der Waals surface area (Å²) in [4.78, 5) is 16.9. The average molecular weight is 355 g/mol. The van der Waals surface area contributed by atoms with Crippen molar-refractivity contribution >= 4 is 32.5 Å². The van der Waals surface area contributed by atoms with Crippen molar-refractivity contribution in [2.45, 2.75) is 4.90 Å². The van der Waals surface area contributed by atoms with Crippen LogP contribution in [0.15, 0.2) is 65.7 Å². The SMILES string of the molecule is CN(C)S(=O)(=O)c1ccc(C(=O)Nc2cccc3cccnc23)cc1. The maximum atomic E-state index is 12.5. The van der Waals surface area contributed by atoms with Gasteiger partial charge in [0.25, 0.3) is 5.91 Å². The number of rotatable bonds is 4. The van der Waals surface area contributed by atoms with E-state index in [9.17, 15) is 13.2 Å². The molecule has 25 heavy (non-hydrogen) atoms. The fourth-order valence-corrected chi connectivity index (χ4v) is 3.29. The molecule has 3 aromatic rings. The monoisotopic (exact) mass is 355 g/mol. The molecule has 6 nitrogen and oxygen atoms in total. The first-order chi connectivity index (χ1) is 11.9. The number of aromatic nitrogens is 1. The Kier molecular flexibility index (Phi) is 4.52. The molecule has 0 bridgehead atoms. The lowest BCUT2D eigenvalue weighted by molar-refractivity contribution is 0.102. The van der Waals surface area contributed by atoms with Crippen LogP contribution < -0.4 is 5.32 Å². The van der Waals surface area contributed by atoms with Gasteiger partial charge in [-0.2, -0.15) is 0 Å². The summed E-state index contributed by atoms with van der Waals surface area (Å²) in [6.07, 6.45) is 1.67. The molecule has 1 N–H and O–H groups in total. The lowest BCUT2D eigenvalue weighted by atomic mass is 10.1. The van der Waals surface area contributed by atoms with Gasteiger partial charge >= 0.3 is 0 Å². The Balaban J connectivity index is 1.87. The van der Waals surface area contributed by atoms with Crippen LogP contribution in [0.25, 0.3) is 10.9 Å². The van der Waals surface area contributed by atoms with E-state index in [0.29, 0.717) is 16.8 Å². The van der Waals surface area contributed by atoms with Crippen molar-refractivity contribution in [2.75, 3.05) is 19.4 Å². The molecule has 1 aromatic heterocycles. The van der Waals surface area contributed by atoms with Gasteiger partial charge in [0.1, 0.15) is 0 Å². The van der Waals surface area contributed by atoms with Gasteiger partial charge in [0.05, 0.1) is 16.1 Å². The third-order valence-electron chi connectivity index (χ3n) is 3.78. The largest absolute Gasteiger partial charge is 0.320 e. The van der Waals surface area contributed by atoms with Crippen molar-refractivity contribution in [3.05, 3.63) is 66.4 Å². The van der Waals surface area contributed by atoms with E-state index in [0.717, 1.165) is 9.69 Å². The Morgan fingerprint density at radius 3 is 2.36 bits per heavy atom. The van der Waals surface area contributed by atoms with Crippen molar-refractivity contribution in [3.63, 3.8) is 0 Å². The standard InChI is InChI=1S/C18H17N3O3S/c1-21(2)25(23,24)15-10-8-14(9-11-15)18(22)20-16-7-3-5-13-6-4-12-19-17(13)16/h3-12H,1-2H3,(H,20,22). The quantitative estimate of drug-likeness (QED) is 0.780. The van der Waals surface area contributed by atoms with Crippen LogP contribution in [0.4, 0.5) is 5.69 Å². The zero-order valence-corrected chi connectivity index (χ0v) is 14.6. The Morgan fingerprint density at radius 2 is 1.68 bits per heavy atom. The van der Waals surface area contributed by atoms with E-state index in [1.54, 1.807) is 12.3 Å². The van der Waals surface area contributed by atoms with Crippen molar-refractivity contribution in [1.82, 2.24) is 9.29 Å². The number of pyridine rings is 1. The lowest BCUT2D eigenvalue weighted by Crippen LogP contribution is -2.22. The number of hydrogen-bond donors (Lipinski definition) is 1. The Morgan fingerprint density at radius 1 is 1.00 bits per heavy atom. The van der Waals surface area contributed by atoms with E-state index >= 15 is 0 Å². The summed E-state index contributed by atoms with van der Waals surface area (Å²) in [5.41, 5.74) is 1.67. The predicted octanol–water partition coefficient (Wildman–Crippen LogP) is 2.74. The van der Waals surface area contributed by atoms with Crippen LogP contribution >= 0.6 is 0 Å². The summed E-state index contributed by atoms with van der Waals surface area (Å²) in [6, 6.07) is 15.1. The maximum absolute atomic E-state index is 12.5. The van der Waals surface area contributed by atoms with Crippen LogP contribution in [0.2, 0.25) is 0 Å². The topological polar surface area (TPSA) is 79.4 Å². The highest BCUT2D eigenvalue weighted by Crippen LogP contribution is 2.21. The molecule has 0 fully saturated rings. The molecule has 0 aliphatic heterocycles. The summed E-state index contributed by atoms with van der Waals surface area (Å²) in [7, 11) is -0.592. The molecule has 0 saturated heterocycles. The number of sulfonamides is 1. The van der Waals surface area contributed by atoms with E-state index in [1.165, 1.54) is 38.4 Å². The van der Waals surface area contributed by atoms with Gasteiger partial charge in [-0.3, -0.25) is 9.78 Å². The average Bonchev–Trinajstić information content (AvgIpc) is 2.62. The van der Waals surface area contributed by atoms with Gasteiger partial charge in [-0.1, -0.05) is 18.2 Å². The van der Waals surface area contributed by atoms with E-state index in [-0.39, 0.29) is 10.8 Å². The van der Waals surface area contributed by atoms with Crippen LogP contribution in [-0.2, 0) is 10.0 Å². The first-order valence-electron chi connectivity index (χ1n) is 7.57. The zero-order valence-electron chi connectivity index (χ0n) is 13.8. The Hall–Kier alpha value is -2.77. The van der Waals surface area contributed by atoms with Crippen LogP contribution in [0.3, 0.4) is 0 Å². The van der Waals surface area contributed by atoms with Gasteiger partial charge in [0, 0.05) is 31.2 Å². The highest BCUT2D eigenvalue weighted by atomic mass is 32.2. The molecule has 0 saturated carbocycles. The van der Waals surface area contributed by atoms with Gasteiger partial charge < -0.3 is 5.32 Å². The summed E-state index contributed by atoms with van der Waals surface area (Å²) < 4.78 is 25.3. The van der Waals surface area contributed by atoms with Gasteiger partial charge in [0.15, 0.2) is 0 Å². The van der Waals surface area contributed by atoms with Crippen molar-refractivity contribution in [2.24, 2.45) is 0 Å². The van der Waals surface area contributed by atoms with E-state index < -0.39 is 10.0 Å². The molecule has 3 rings (SSSR count). The maximum Gasteiger partial charge on any atom is 0.255 e. The van der Waals surface area contributed by atoms with Gasteiger partial charge in [-0.05, 0) is 36.4 Å². The third-order valence-corrected chi connectivity index (χ3v) is 5.61. The van der Waals surface area contributed by atoms with Gasteiger partial charge in [-0.15, -0.1) is 0 Å². The fourth-order valence-electron chi connectivity index (χ4n) is 2.39. The van der Waals surface area contributed by atoms with Crippen LogP contribution in [0.5, 0.6) is 0 Å². The molecule has 0 spiro atoms. The number of fused-ring (bicyclic) bond motifs is 1. The van der Waals surface area contributed by atoms with Crippen molar-refractivity contribution in [3.8, 4) is 0 Å². The lowest BCUT2D eigenvalue weighted by Gasteiger charge is -2.12. The van der Waals surface area contributed by atoms with Crippen LogP contribution in [0, 0.1) is 0 Å². The molecule has 1 heterocycles. The Labute approximate surface area is 146 Å². The zero-order chi connectivity index (χ0) is 18.0. The summed E-state index contributed by atoms with van der Waals surface area (Å²) >= 11 is 0. The minimum Gasteiger partial charge on any atom is -0.320 e. The molecular formula is C18H17N3O3S. The molecule has 0 atom stereocenters. The number of benzene rings is 2. The van der Waals surface area contributed by atoms with Gasteiger partial charge in [-0.25, -0.2) is 12.7 Å². The number of nitrogens with zero attached hydrogens (tertiary/aromatic N) is 2. The molecule has 1 amide bonds. The second-order valence-electron chi connectivity index (χ2n) is 5.65. The highest BCUT2D eigenvalue weighted by Gasteiger charge is 2.17. The molecular weight excluding hydrogens is 338 g/mol. The number of carbonyl (C=O) groups excluding carboxylic acids is 1. The molecule has 0 radical (unpaired) electrons. The number of hydrogen-bond acceptors (Lipinski definition) is 4. The second-order valence-corrected chi connectivity index (χ2v) is 7.80. The number of nitrogens with one attached hydrogen (secondary N) is 1. The normalized spacial score (nSPS) is 11.6. The molecule has 0 aliphatic rings. The fraction of sp³-hybridized carbons (Fsp3) is 0.111. The third kappa shape index (κ3) is 3.38. The van der Waals surface area contributed by atoms with Crippen LogP contribution in [0.1, 0.15) is 10.4 Å². The molecule has 0 unspecified atom stereocenters. The highest BCUT2D eigenvalue weighted by molar-refractivity contribution is 7.89. The summed E-state index contributed by atoms with van der Waals surface area (Å²) in [5.74, 6) is -0.327. The van der Waals surface area contributed by atoms with Crippen LogP contribution in [-0.4, -0.2) is 37.7 Å². The Bertz CT molecular complexity index is 1020. The minimum atomic E-state index is -3.52. The number of amides is 1. The van der Waals surface area contributed by atoms with E-state index in [2.05, 4.69) is 10.3 Å². The first kappa shape index (κ1) is 17.1.